The number of ether oxygens (including phenoxy) is 1. The van der Waals surface area contributed by atoms with E-state index in [0.29, 0.717) is 24.1 Å². The summed E-state index contributed by atoms with van der Waals surface area (Å²) in [6.07, 6.45) is 0.796. The van der Waals surface area contributed by atoms with Gasteiger partial charge in [0.2, 0.25) is 17.7 Å². The number of likely N-dealkylation sites (tertiary alicyclic amines) is 1. The topological polar surface area (TPSA) is 71.7 Å². The fraction of sp³-hybridized carbons (Fsp3) is 0.318. The predicted octanol–water partition coefficient (Wildman–Crippen LogP) is 3.04. The third-order valence-electron chi connectivity index (χ3n) is 5.72. The van der Waals surface area contributed by atoms with Gasteiger partial charge in [-0.05, 0) is 29.7 Å². The van der Waals surface area contributed by atoms with E-state index >= 15 is 0 Å². The molecule has 1 amide bonds. The highest BCUT2D eigenvalue weighted by Gasteiger charge is 2.51. The van der Waals surface area contributed by atoms with E-state index in [9.17, 15) is 4.79 Å². The molecule has 1 aromatic heterocycles. The van der Waals surface area contributed by atoms with Crippen molar-refractivity contribution in [3.63, 3.8) is 0 Å². The van der Waals surface area contributed by atoms with Gasteiger partial charge < -0.3 is 14.1 Å². The molecule has 0 unspecified atom stereocenters. The Bertz CT molecular complexity index is 1050. The van der Waals surface area contributed by atoms with Gasteiger partial charge in [-0.1, -0.05) is 36.4 Å². The van der Waals surface area contributed by atoms with E-state index in [2.05, 4.69) is 33.3 Å². The Balaban J connectivity index is 1.43. The summed E-state index contributed by atoms with van der Waals surface area (Å²) >= 11 is 0. The fourth-order valence-corrected chi connectivity index (χ4v) is 4.42. The minimum Gasteiger partial charge on any atom is -0.495 e. The van der Waals surface area contributed by atoms with Crippen molar-refractivity contribution in [3.05, 3.63) is 60.3 Å². The van der Waals surface area contributed by atoms with Crippen LogP contribution in [0.3, 0.4) is 0 Å². The molecule has 29 heavy (non-hydrogen) atoms. The van der Waals surface area contributed by atoms with Crippen molar-refractivity contribution in [1.82, 2.24) is 15.1 Å². The molecule has 0 saturated carbocycles. The number of methoxy groups -OCH3 is 1. The molecule has 7 nitrogen and oxygen atoms in total. The molecule has 2 aliphatic rings. The van der Waals surface area contributed by atoms with Crippen molar-refractivity contribution in [3.8, 4) is 16.9 Å². The normalized spacial score (nSPS) is 21.2. The SMILES string of the molecule is COc1ccc(-c2ccccc2)cc1N1C(=O)[C@@H]2C[C@H]1CN2Cc1nnc(C)o1. The second-order valence-electron chi connectivity index (χ2n) is 7.51. The summed E-state index contributed by atoms with van der Waals surface area (Å²) < 4.78 is 11.1. The number of amides is 1. The van der Waals surface area contributed by atoms with Crippen molar-refractivity contribution in [2.45, 2.75) is 32.0 Å². The first kappa shape index (κ1) is 17.9. The summed E-state index contributed by atoms with van der Waals surface area (Å²) in [5, 5.41) is 7.94. The van der Waals surface area contributed by atoms with Crippen LogP contribution < -0.4 is 9.64 Å². The molecule has 2 aromatic carbocycles. The zero-order chi connectivity index (χ0) is 20.0. The van der Waals surface area contributed by atoms with Gasteiger partial charge in [-0.3, -0.25) is 9.69 Å². The molecule has 2 fully saturated rings. The fourth-order valence-electron chi connectivity index (χ4n) is 4.42. The van der Waals surface area contributed by atoms with Crippen LogP contribution in [0, 0.1) is 6.92 Å². The first-order valence-corrected chi connectivity index (χ1v) is 9.73. The Morgan fingerprint density at radius 3 is 2.66 bits per heavy atom. The van der Waals surface area contributed by atoms with Crippen LogP contribution >= 0.6 is 0 Å². The Hall–Kier alpha value is -3.19. The molecule has 3 heterocycles. The molecule has 0 aliphatic carbocycles. The van der Waals surface area contributed by atoms with Crippen LogP contribution in [-0.4, -0.2) is 46.7 Å². The van der Waals surface area contributed by atoms with Crippen molar-refractivity contribution in [2.75, 3.05) is 18.6 Å². The van der Waals surface area contributed by atoms with Gasteiger partial charge in [-0.2, -0.15) is 0 Å². The number of aryl methyl sites for hydroxylation is 1. The molecule has 3 aromatic rings. The van der Waals surface area contributed by atoms with E-state index in [1.54, 1.807) is 14.0 Å². The number of nitrogens with zero attached hydrogens (tertiary/aromatic N) is 4. The summed E-state index contributed by atoms with van der Waals surface area (Å²) in [7, 11) is 1.64. The molecule has 148 valence electrons. The summed E-state index contributed by atoms with van der Waals surface area (Å²) in [6.45, 7) is 3.05. The lowest BCUT2D eigenvalue weighted by Crippen LogP contribution is -2.50. The lowest BCUT2D eigenvalue weighted by molar-refractivity contribution is -0.123. The standard InChI is InChI=1S/C22H22N4O3/c1-14-23-24-21(29-14)13-25-12-17-11-19(25)22(27)26(17)18-10-16(8-9-20(18)28-2)15-6-4-3-5-7-15/h3-10,17,19H,11-13H2,1-2H3/t17-,19-/m0/s1. The molecule has 2 bridgehead atoms. The molecule has 2 saturated heterocycles. The van der Waals surface area contributed by atoms with Crippen LogP contribution in [0.1, 0.15) is 18.2 Å². The maximum absolute atomic E-state index is 13.3. The van der Waals surface area contributed by atoms with Crippen molar-refractivity contribution in [1.29, 1.82) is 0 Å². The number of fused-ring (bicyclic) bond motifs is 2. The van der Waals surface area contributed by atoms with Gasteiger partial charge in [0.05, 0.1) is 31.4 Å². The lowest BCUT2D eigenvalue weighted by Gasteiger charge is -2.34. The van der Waals surface area contributed by atoms with Gasteiger partial charge in [-0.25, -0.2) is 0 Å². The van der Waals surface area contributed by atoms with Gasteiger partial charge in [0.1, 0.15) is 5.75 Å². The lowest BCUT2D eigenvalue weighted by atomic mass is 10.0. The Morgan fingerprint density at radius 1 is 1.14 bits per heavy atom. The predicted molar refractivity (Wildman–Crippen MR) is 108 cm³/mol. The van der Waals surface area contributed by atoms with Gasteiger partial charge in [0, 0.05) is 13.5 Å². The Morgan fingerprint density at radius 2 is 1.97 bits per heavy atom. The zero-order valence-corrected chi connectivity index (χ0v) is 16.4. The first-order chi connectivity index (χ1) is 14.1. The molecule has 2 atom stereocenters. The number of aromatic nitrogens is 2. The van der Waals surface area contributed by atoms with Crippen LogP contribution in [0.5, 0.6) is 5.75 Å². The molecular weight excluding hydrogens is 368 g/mol. The van der Waals surface area contributed by atoms with Crippen LogP contribution in [0.4, 0.5) is 5.69 Å². The number of piperazine rings is 1. The molecule has 7 heteroatoms. The number of benzene rings is 2. The molecule has 0 spiro atoms. The van der Waals surface area contributed by atoms with Crippen LogP contribution in [-0.2, 0) is 11.3 Å². The molecule has 0 N–H and O–H groups in total. The van der Waals surface area contributed by atoms with Gasteiger partial charge >= 0.3 is 0 Å². The van der Waals surface area contributed by atoms with Crippen LogP contribution in [0.25, 0.3) is 11.1 Å². The van der Waals surface area contributed by atoms with Crippen LogP contribution in [0.2, 0.25) is 0 Å². The van der Waals surface area contributed by atoms with Gasteiger partial charge in [0.25, 0.3) is 0 Å². The van der Waals surface area contributed by atoms with E-state index in [1.165, 1.54) is 0 Å². The Labute approximate surface area is 168 Å². The van der Waals surface area contributed by atoms with E-state index in [1.807, 2.05) is 35.2 Å². The summed E-state index contributed by atoms with van der Waals surface area (Å²) in [5.74, 6) is 1.91. The highest BCUT2D eigenvalue weighted by Crippen LogP contribution is 2.42. The summed E-state index contributed by atoms with van der Waals surface area (Å²) in [5.41, 5.74) is 3.01. The average molecular weight is 390 g/mol. The maximum atomic E-state index is 13.3. The summed E-state index contributed by atoms with van der Waals surface area (Å²) in [4.78, 5) is 17.3. The zero-order valence-electron chi connectivity index (χ0n) is 16.4. The second-order valence-corrected chi connectivity index (χ2v) is 7.51. The number of anilines is 1. The van der Waals surface area contributed by atoms with E-state index in [-0.39, 0.29) is 18.0 Å². The number of carbonyl (C=O) groups excluding carboxylic acids is 1. The maximum Gasteiger partial charge on any atom is 0.244 e. The number of hydrogen-bond donors (Lipinski definition) is 0. The van der Waals surface area contributed by atoms with Gasteiger partial charge in [-0.15, -0.1) is 10.2 Å². The number of rotatable bonds is 5. The van der Waals surface area contributed by atoms with E-state index in [4.69, 9.17) is 9.15 Å². The number of carbonyl (C=O) groups is 1. The smallest absolute Gasteiger partial charge is 0.244 e. The van der Waals surface area contributed by atoms with E-state index in [0.717, 1.165) is 29.8 Å². The number of hydrogen-bond acceptors (Lipinski definition) is 6. The minimum atomic E-state index is -0.169. The monoisotopic (exact) mass is 390 g/mol. The molecular formula is C22H22N4O3. The first-order valence-electron chi connectivity index (χ1n) is 9.73. The van der Waals surface area contributed by atoms with Crippen molar-refractivity contribution < 1.29 is 13.9 Å². The molecule has 5 rings (SSSR count). The van der Waals surface area contributed by atoms with E-state index < -0.39 is 0 Å². The second kappa shape index (κ2) is 7.00. The Kier molecular flexibility index (Phi) is 4.32. The molecule has 2 aliphatic heterocycles. The minimum absolute atomic E-state index is 0.0981. The van der Waals surface area contributed by atoms with Gasteiger partial charge in [0.15, 0.2) is 0 Å². The third-order valence-corrected chi connectivity index (χ3v) is 5.72. The van der Waals surface area contributed by atoms with Crippen molar-refractivity contribution >= 4 is 11.6 Å². The largest absolute Gasteiger partial charge is 0.495 e. The summed E-state index contributed by atoms with van der Waals surface area (Å²) in [6, 6.07) is 16.1. The molecule has 0 radical (unpaired) electrons. The third kappa shape index (κ3) is 3.07. The highest BCUT2D eigenvalue weighted by molar-refractivity contribution is 6.03. The highest BCUT2D eigenvalue weighted by atomic mass is 16.5. The van der Waals surface area contributed by atoms with Crippen LogP contribution in [0.15, 0.2) is 52.9 Å². The van der Waals surface area contributed by atoms with Crippen molar-refractivity contribution in [2.24, 2.45) is 0 Å². The quantitative estimate of drug-likeness (QED) is 0.667. The average Bonchev–Trinajstić information content (AvgIpc) is 3.43.